The molecule has 0 aliphatic carbocycles. The summed E-state index contributed by atoms with van der Waals surface area (Å²) < 4.78 is 51.8. The maximum absolute atomic E-state index is 13.1. The molecule has 0 aromatic heterocycles. The van der Waals surface area contributed by atoms with Crippen LogP contribution >= 0.6 is 0 Å². The number of anilines is 1. The third kappa shape index (κ3) is 7.41. The van der Waals surface area contributed by atoms with Crippen LogP contribution in [0.1, 0.15) is 25.3 Å². The normalized spacial score (nSPS) is 14.0. The number of amides is 1. The number of nitrogens with one attached hydrogen (secondary N) is 1. The molecule has 1 amide bonds. The van der Waals surface area contributed by atoms with Gasteiger partial charge in [0.15, 0.2) is 0 Å². The van der Waals surface area contributed by atoms with E-state index in [1.165, 1.54) is 25.3 Å². The Hall–Kier alpha value is -3.18. The van der Waals surface area contributed by atoms with E-state index in [4.69, 9.17) is 9.47 Å². The van der Waals surface area contributed by atoms with Crippen LogP contribution in [-0.2, 0) is 30.8 Å². The van der Waals surface area contributed by atoms with Crippen molar-refractivity contribution in [2.24, 2.45) is 0 Å². The molecule has 0 atom stereocenters. The number of halogens is 1. The van der Waals surface area contributed by atoms with Crippen molar-refractivity contribution in [3.8, 4) is 5.75 Å². The summed E-state index contributed by atoms with van der Waals surface area (Å²) in [6, 6.07) is 10.6. The first-order valence-corrected chi connectivity index (χ1v) is 13.3. The number of benzene rings is 2. The van der Waals surface area contributed by atoms with Crippen molar-refractivity contribution in [2.75, 3.05) is 51.3 Å². The third-order valence-electron chi connectivity index (χ3n) is 5.90. The molecule has 0 unspecified atom stereocenters. The van der Waals surface area contributed by atoms with Gasteiger partial charge in [-0.1, -0.05) is 12.1 Å². The van der Waals surface area contributed by atoms with Crippen LogP contribution in [-0.4, -0.2) is 71.6 Å². The Balaban J connectivity index is 1.61. The molecular weight excluding hydrogens is 489 g/mol. The highest BCUT2D eigenvalue weighted by Gasteiger charge is 2.25. The Kier molecular flexibility index (Phi) is 9.65. The predicted molar refractivity (Wildman–Crippen MR) is 133 cm³/mol. The SMILES string of the molecule is CCOC(=O)CCC(=O)N1CCN(c2cc(S(=O)(=O)NCCc3ccc(F)cc3)ccc2OC)CC1. The van der Waals surface area contributed by atoms with Gasteiger partial charge in [0.2, 0.25) is 15.9 Å². The van der Waals surface area contributed by atoms with E-state index in [1.54, 1.807) is 36.1 Å². The van der Waals surface area contributed by atoms with Crippen LogP contribution in [0.2, 0.25) is 0 Å². The van der Waals surface area contributed by atoms with Gasteiger partial charge in [-0.3, -0.25) is 9.59 Å². The second-order valence-electron chi connectivity index (χ2n) is 8.28. The van der Waals surface area contributed by atoms with Crippen molar-refractivity contribution in [1.82, 2.24) is 9.62 Å². The third-order valence-corrected chi connectivity index (χ3v) is 7.36. The summed E-state index contributed by atoms with van der Waals surface area (Å²) in [6.45, 7) is 4.03. The summed E-state index contributed by atoms with van der Waals surface area (Å²) >= 11 is 0. The molecule has 36 heavy (non-hydrogen) atoms. The van der Waals surface area contributed by atoms with Crippen LogP contribution in [0, 0.1) is 5.82 Å². The zero-order chi connectivity index (χ0) is 26.1. The minimum absolute atomic E-state index is 0.0504. The number of carbonyl (C=O) groups is 2. The molecule has 196 valence electrons. The van der Waals surface area contributed by atoms with Crippen LogP contribution in [0.5, 0.6) is 5.75 Å². The largest absolute Gasteiger partial charge is 0.495 e. The lowest BCUT2D eigenvalue weighted by Gasteiger charge is -2.36. The highest BCUT2D eigenvalue weighted by molar-refractivity contribution is 7.89. The van der Waals surface area contributed by atoms with Crippen LogP contribution < -0.4 is 14.4 Å². The summed E-state index contributed by atoms with van der Waals surface area (Å²) in [5.74, 6) is -0.316. The monoisotopic (exact) mass is 521 g/mol. The van der Waals surface area contributed by atoms with Crippen molar-refractivity contribution in [1.29, 1.82) is 0 Å². The van der Waals surface area contributed by atoms with E-state index in [1.807, 2.05) is 4.90 Å². The summed E-state index contributed by atoms with van der Waals surface area (Å²) in [5.41, 5.74) is 1.45. The molecule has 1 N–H and O–H groups in total. The molecule has 1 aliphatic rings. The number of hydrogen-bond acceptors (Lipinski definition) is 7. The molecule has 0 spiro atoms. The Morgan fingerprint density at radius 1 is 1.03 bits per heavy atom. The van der Waals surface area contributed by atoms with Gasteiger partial charge in [-0.15, -0.1) is 0 Å². The van der Waals surface area contributed by atoms with Gasteiger partial charge < -0.3 is 19.3 Å². The fraction of sp³-hybridized carbons (Fsp3) is 0.440. The molecule has 1 saturated heterocycles. The number of piperazine rings is 1. The van der Waals surface area contributed by atoms with Crippen molar-refractivity contribution < 1.29 is 31.9 Å². The van der Waals surface area contributed by atoms with E-state index in [-0.39, 0.29) is 42.6 Å². The Bertz CT molecular complexity index is 1150. The lowest BCUT2D eigenvalue weighted by atomic mass is 10.1. The zero-order valence-corrected chi connectivity index (χ0v) is 21.4. The smallest absolute Gasteiger partial charge is 0.306 e. The average Bonchev–Trinajstić information content (AvgIpc) is 2.88. The van der Waals surface area contributed by atoms with Crippen LogP contribution in [0.15, 0.2) is 47.4 Å². The molecule has 9 nitrogen and oxygen atoms in total. The van der Waals surface area contributed by atoms with Gasteiger partial charge in [-0.25, -0.2) is 17.5 Å². The molecule has 1 heterocycles. The molecule has 11 heteroatoms. The average molecular weight is 522 g/mol. The predicted octanol–water partition coefficient (Wildman–Crippen LogP) is 2.35. The Labute approximate surface area is 211 Å². The topological polar surface area (TPSA) is 105 Å². The quantitative estimate of drug-likeness (QED) is 0.453. The number of methoxy groups -OCH3 is 1. The molecule has 2 aromatic carbocycles. The van der Waals surface area contributed by atoms with Crippen LogP contribution in [0.3, 0.4) is 0 Å². The maximum Gasteiger partial charge on any atom is 0.306 e. The number of esters is 1. The second-order valence-corrected chi connectivity index (χ2v) is 10.0. The molecule has 3 rings (SSSR count). The summed E-state index contributed by atoms with van der Waals surface area (Å²) in [5, 5.41) is 0. The van der Waals surface area contributed by atoms with Gasteiger partial charge in [0, 0.05) is 39.1 Å². The van der Waals surface area contributed by atoms with Crippen molar-refractivity contribution in [3.63, 3.8) is 0 Å². The first-order valence-electron chi connectivity index (χ1n) is 11.8. The number of rotatable bonds is 11. The van der Waals surface area contributed by atoms with Gasteiger partial charge in [0.25, 0.3) is 0 Å². The second kappa shape index (κ2) is 12.7. The fourth-order valence-electron chi connectivity index (χ4n) is 3.95. The number of nitrogens with zero attached hydrogens (tertiary/aromatic N) is 2. The molecule has 0 radical (unpaired) electrons. The van der Waals surface area contributed by atoms with Crippen molar-refractivity contribution in [2.45, 2.75) is 31.1 Å². The first-order chi connectivity index (χ1) is 17.2. The number of hydrogen-bond donors (Lipinski definition) is 1. The van der Waals surface area contributed by atoms with Gasteiger partial charge in [0.1, 0.15) is 11.6 Å². The Morgan fingerprint density at radius 3 is 2.36 bits per heavy atom. The standard InChI is InChI=1S/C25H32FN3O6S/c1-3-35-25(31)11-10-24(30)29-16-14-28(15-17-29)22-18-21(8-9-23(22)34-2)36(32,33)27-13-12-19-4-6-20(26)7-5-19/h4-9,18,27H,3,10-17H2,1-2H3. The lowest BCUT2D eigenvalue weighted by Crippen LogP contribution is -2.49. The van der Waals surface area contributed by atoms with Crippen LogP contribution in [0.25, 0.3) is 0 Å². The summed E-state index contributed by atoms with van der Waals surface area (Å²) in [4.78, 5) is 27.7. The molecule has 1 aliphatic heterocycles. The number of carbonyl (C=O) groups excluding carboxylic acids is 2. The van der Waals surface area contributed by atoms with Crippen molar-refractivity contribution in [3.05, 3.63) is 53.8 Å². The van der Waals surface area contributed by atoms with Gasteiger partial charge >= 0.3 is 5.97 Å². The van der Waals surface area contributed by atoms with E-state index in [9.17, 15) is 22.4 Å². The lowest BCUT2D eigenvalue weighted by molar-refractivity contribution is -0.145. The molecule has 0 bridgehead atoms. The summed E-state index contributed by atoms with van der Waals surface area (Å²) in [6.07, 6.45) is 0.572. The molecule has 0 saturated carbocycles. The Morgan fingerprint density at radius 2 is 1.72 bits per heavy atom. The first kappa shape index (κ1) is 27.4. The summed E-state index contributed by atoms with van der Waals surface area (Å²) in [7, 11) is -2.27. The minimum Gasteiger partial charge on any atom is -0.495 e. The maximum atomic E-state index is 13.1. The highest BCUT2D eigenvalue weighted by Crippen LogP contribution is 2.31. The van der Waals surface area contributed by atoms with E-state index in [2.05, 4.69) is 4.72 Å². The van der Waals surface area contributed by atoms with E-state index < -0.39 is 16.0 Å². The van der Waals surface area contributed by atoms with Gasteiger partial charge in [-0.2, -0.15) is 0 Å². The molecule has 1 fully saturated rings. The highest BCUT2D eigenvalue weighted by atomic mass is 32.2. The van der Waals surface area contributed by atoms with Crippen LogP contribution in [0.4, 0.5) is 10.1 Å². The fourth-order valence-corrected chi connectivity index (χ4v) is 5.00. The number of ether oxygens (including phenoxy) is 2. The molecule has 2 aromatic rings. The van der Waals surface area contributed by atoms with Gasteiger partial charge in [0.05, 0.1) is 30.7 Å². The minimum atomic E-state index is -3.78. The van der Waals surface area contributed by atoms with Crippen molar-refractivity contribution >= 4 is 27.6 Å². The molecular formula is C25H32FN3O6S. The van der Waals surface area contributed by atoms with E-state index in [0.717, 1.165) is 5.56 Å². The van der Waals surface area contributed by atoms with Gasteiger partial charge in [-0.05, 0) is 49.2 Å². The van der Waals surface area contributed by atoms with E-state index >= 15 is 0 Å². The zero-order valence-electron chi connectivity index (χ0n) is 20.5. The van der Waals surface area contributed by atoms with E-state index in [0.29, 0.717) is 44.0 Å². The number of sulfonamides is 1.